The number of nitrogens with zero attached hydrogens (tertiary/aromatic N) is 1. The molecule has 1 aliphatic rings. The lowest BCUT2D eigenvalue weighted by molar-refractivity contribution is 0.0791. The van der Waals surface area contributed by atoms with Crippen LogP contribution in [0.15, 0.2) is 48.5 Å². The third kappa shape index (κ3) is 6.29. The first kappa shape index (κ1) is 21.8. The molecule has 2 atom stereocenters. The Morgan fingerprint density at radius 2 is 1.86 bits per heavy atom. The molecule has 1 aliphatic heterocycles. The van der Waals surface area contributed by atoms with Gasteiger partial charge >= 0.3 is 0 Å². The van der Waals surface area contributed by atoms with Gasteiger partial charge in [0.25, 0.3) is 5.91 Å². The molecule has 2 N–H and O–H groups in total. The van der Waals surface area contributed by atoms with Gasteiger partial charge in [-0.1, -0.05) is 31.2 Å². The van der Waals surface area contributed by atoms with E-state index in [4.69, 9.17) is 0 Å². The fourth-order valence-electron chi connectivity index (χ4n) is 3.59. The molecule has 1 amide bonds. The molecule has 0 bridgehead atoms. The second-order valence-electron chi connectivity index (χ2n) is 7.53. The van der Waals surface area contributed by atoms with Crippen molar-refractivity contribution in [3.05, 3.63) is 71.0 Å². The predicted molar refractivity (Wildman–Crippen MR) is 118 cm³/mol. The molecule has 2 unspecified atom stereocenters. The number of hydrazine groups is 1. The van der Waals surface area contributed by atoms with Crippen molar-refractivity contribution in [2.24, 2.45) is 0 Å². The van der Waals surface area contributed by atoms with Crippen LogP contribution in [0.25, 0.3) is 0 Å². The van der Waals surface area contributed by atoms with Crippen molar-refractivity contribution >= 4 is 17.7 Å². The van der Waals surface area contributed by atoms with E-state index in [9.17, 15) is 9.18 Å². The van der Waals surface area contributed by atoms with Crippen LogP contribution in [-0.2, 0) is 5.75 Å². The van der Waals surface area contributed by atoms with Crippen molar-refractivity contribution in [2.45, 2.75) is 44.0 Å². The zero-order valence-electron chi connectivity index (χ0n) is 17.2. The smallest absolute Gasteiger partial charge is 0.253 e. The lowest BCUT2D eigenvalue weighted by Crippen LogP contribution is -2.32. The van der Waals surface area contributed by atoms with Gasteiger partial charge in [-0.15, -0.1) is 0 Å². The quantitative estimate of drug-likeness (QED) is 0.631. The summed E-state index contributed by atoms with van der Waals surface area (Å²) in [5, 5.41) is 0. The number of halogens is 1. The van der Waals surface area contributed by atoms with Crippen molar-refractivity contribution < 1.29 is 9.18 Å². The van der Waals surface area contributed by atoms with Crippen molar-refractivity contribution in [1.82, 2.24) is 15.8 Å². The third-order valence-corrected chi connectivity index (χ3v) is 6.27. The molecule has 29 heavy (non-hydrogen) atoms. The van der Waals surface area contributed by atoms with Crippen LogP contribution in [0.1, 0.15) is 53.7 Å². The molecule has 0 spiro atoms. The highest BCUT2D eigenvalue weighted by Gasteiger charge is 2.24. The average molecular weight is 416 g/mol. The molecule has 1 saturated heterocycles. The molecule has 2 aromatic carbocycles. The number of amides is 1. The van der Waals surface area contributed by atoms with Crippen molar-refractivity contribution in [2.75, 3.05) is 19.3 Å². The van der Waals surface area contributed by atoms with E-state index in [1.807, 2.05) is 55.2 Å². The summed E-state index contributed by atoms with van der Waals surface area (Å²) in [6.07, 6.45) is 2.87. The highest BCUT2D eigenvalue weighted by Crippen LogP contribution is 2.24. The molecular formula is C23H30FN3OS. The number of hydrogen-bond acceptors (Lipinski definition) is 4. The second-order valence-corrected chi connectivity index (χ2v) is 8.80. The minimum absolute atomic E-state index is 0.0707. The standard InChI is InChI=1S/C23H30FN3OS/c1-3-29-16-17-6-8-19(9-7-17)23(28)27(2)14-4-5-21-15-22(26-25-21)18-10-12-20(24)13-11-18/h6-13,21-22,25-26H,3-5,14-16H2,1-2H3. The van der Waals surface area contributed by atoms with Crippen LogP contribution < -0.4 is 10.9 Å². The van der Waals surface area contributed by atoms with E-state index in [0.717, 1.165) is 48.4 Å². The molecule has 156 valence electrons. The number of thioether (sulfide) groups is 1. The first-order chi connectivity index (χ1) is 14.1. The van der Waals surface area contributed by atoms with Gasteiger partial charge in [0.1, 0.15) is 5.82 Å². The number of carbonyl (C=O) groups excluding carboxylic acids is 1. The zero-order valence-corrected chi connectivity index (χ0v) is 18.0. The summed E-state index contributed by atoms with van der Waals surface area (Å²) in [4.78, 5) is 14.4. The Labute approximate surface area is 177 Å². The molecule has 6 heteroatoms. The summed E-state index contributed by atoms with van der Waals surface area (Å²) in [6.45, 7) is 2.88. The fraction of sp³-hybridized carbons (Fsp3) is 0.435. The summed E-state index contributed by atoms with van der Waals surface area (Å²) in [5.41, 5.74) is 9.72. The molecule has 2 aromatic rings. The summed E-state index contributed by atoms with van der Waals surface area (Å²) in [5.74, 6) is 1.95. The number of carbonyl (C=O) groups is 1. The van der Waals surface area contributed by atoms with Crippen LogP contribution in [0.5, 0.6) is 0 Å². The molecule has 1 heterocycles. The molecule has 4 nitrogen and oxygen atoms in total. The zero-order chi connectivity index (χ0) is 20.6. The molecule has 0 aromatic heterocycles. The first-order valence-electron chi connectivity index (χ1n) is 10.3. The van der Waals surface area contributed by atoms with Gasteiger partial charge < -0.3 is 4.90 Å². The van der Waals surface area contributed by atoms with E-state index >= 15 is 0 Å². The van der Waals surface area contributed by atoms with Crippen LogP contribution in [-0.4, -0.2) is 36.2 Å². The molecule has 1 fully saturated rings. The van der Waals surface area contributed by atoms with E-state index < -0.39 is 0 Å². The highest BCUT2D eigenvalue weighted by atomic mass is 32.2. The maximum absolute atomic E-state index is 13.1. The number of rotatable bonds is 9. The minimum atomic E-state index is -0.210. The average Bonchev–Trinajstić information content (AvgIpc) is 3.21. The van der Waals surface area contributed by atoms with Gasteiger partial charge in [-0.05, 0) is 60.4 Å². The number of nitrogens with one attached hydrogen (secondary N) is 2. The topological polar surface area (TPSA) is 44.4 Å². The highest BCUT2D eigenvalue weighted by molar-refractivity contribution is 7.98. The summed E-state index contributed by atoms with van der Waals surface area (Å²) in [7, 11) is 1.87. The van der Waals surface area contributed by atoms with Gasteiger partial charge in [-0.25, -0.2) is 4.39 Å². The van der Waals surface area contributed by atoms with Gasteiger partial charge in [0, 0.05) is 37.0 Å². The van der Waals surface area contributed by atoms with Crippen LogP contribution in [0.4, 0.5) is 4.39 Å². The Bertz CT molecular complexity index is 782. The van der Waals surface area contributed by atoms with Crippen LogP contribution in [0.3, 0.4) is 0 Å². The van der Waals surface area contributed by atoms with E-state index in [2.05, 4.69) is 17.8 Å². The third-order valence-electron chi connectivity index (χ3n) is 5.32. The monoisotopic (exact) mass is 415 g/mol. The molecule has 0 radical (unpaired) electrons. The Morgan fingerprint density at radius 1 is 1.14 bits per heavy atom. The van der Waals surface area contributed by atoms with E-state index in [1.165, 1.54) is 17.7 Å². The molecular weight excluding hydrogens is 385 g/mol. The van der Waals surface area contributed by atoms with Gasteiger partial charge in [0.05, 0.1) is 0 Å². The maximum Gasteiger partial charge on any atom is 0.253 e. The van der Waals surface area contributed by atoms with Gasteiger partial charge in [0.2, 0.25) is 0 Å². The Hall–Kier alpha value is -1.89. The summed E-state index contributed by atoms with van der Waals surface area (Å²) < 4.78 is 13.1. The molecule has 0 saturated carbocycles. The largest absolute Gasteiger partial charge is 0.342 e. The predicted octanol–water partition coefficient (Wildman–Crippen LogP) is 4.54. The Kier molecular flexibility index (Phi) is 8.09. The number of hydrogen-bond donors (Lipinski definition) is 2. The van der Waals surface area contributed by atoms with Crippen LogP contribution in [0.2, 0.25) is 0 Å². The molecule has 3 rings (SSSR count). The van der Waals surface area contributed by atoms with E-state index in [1.54, 1.807) is 4.90 Å². The first-order valence-corrected chi connectivity index (χ1v) is 11.4. The normalized spacial score (nSPS) is 18.7. The van der Waals surface area contributed by atoms with Gasteiger partial charge in [0.15, 0.2) is 0 Å². The fourth-order valence-corrected chi connectivity index (χ4v) is 4.22. The van der Waals surface area contributed by atoms with Crippen LogP contribution >= 0.6 is 11.8 Å². The summed E-state index contributed by atoms with van der Waals surface area (Å²) >= 11 is 1.88. The Balaban J connectivity index is 1.41. The van der Waals surface area contributed by atoms with Gasteiger partial charge in [-0.3, -0.25) is 15.6 Å². The summed E-state index contributed by atoms with van der Waals surface area (Å²) in [6, 6.07) is 15.2. The Morgan fingerprint density at radius 3 is 2.55 bits per heavy atom. The minimum Gasteiger partial charge on any atom is -0.342 e. The van der Waals surface area contributed by atoms with Crippen molar-refractivity contribution in [1.29, 1.82) is 0 Å². The van der Waals surface area contributed by atoms with Crippen LogP contribution in [0, 0.1) is 5.82 Å². The lowest BCUT2D eigenvalue weighted by Gasteiger charge is -2.18. The van der Waals surface area contributed by atoms with Crippen molar-refractivity contribution in [3.63, 3.8) is 0 Å². The van der Waals surface area contributed by atoms with Crippen molar-refractivity contribution in [3.8, 4) is 0 Å². The SMILES string of the molecule is CCSCc1ccc(C(=O)N(C)CCCC2CC(c3ccc(F)cc3)NN2)cc1. The van der Waals surface area contributed by atoms with Gasteiger partial charge in [-0.2, -0.15) is 11.8 Å². The maximum atomic E-state index is 13.1. The number of benzene rings is 2. The lowest BCUT2D eigenvalue weighted by atomic mass is 9.99. The second kappa shape index (κ2) is 10.8. The van der Waals surface area contributed by atoms with E-state index in [-0.39, 0.29) is 17.8 Å². The van der Waals surface area contributed by atoms with E-state index in [0.29, 0.717) is 6.04 Å². The molecule has 0 aliphatic carbocycles.